The van der Waals surface area contributed by atoms with Gasteiger partial charge in [-0.3, -0.25) is 4.52 Å². The van der Waals surface area contributed by atoms with E-state index in [-0.39, 0.29) is 13.0 Å². The van der Waals surface area contributed by atoms with E-state index in [9.17, 15) is 9.36 Å². The number of allylic oxidation sites excluding steroid dienone is 1. The zero-order valence-electron chi connectivity index (χ0n) is 11.0. The summed E-state index contributed by atoms with van der Waals surface area (Å²) in [6.45, 7) is 5.25. The van der Waals surface area contributed by atoms with Crippen molar-refractivity contribution >= 4 is 13.8 Å². The van der Waals surface area contributed by atoms with Gasteiger partial charge in [0, 0.05) is 12.5 Å². The first-order valence-corrected chi connectivity index (χ1v) is 7.37. The highest BCUT2D eigenvalue weighted by Crippen LogP contribution is 2.37. The second-order valence-corrected chi connectivity index (χ2v) is 5.12. The van der Waals surface area contributed by atoms with Crippen LogP contribution in [-0.4, -0.2) is 28.0 Å². The van der Waals surface area contributed by atoms with E-state index in [2.05, 4.69) is 4.52 Å². The van der Waals surface area contributed by atoms with Gasteiger partial charge in [0.1, 0.15) is 5.60 Å². The van der Waals surface area contributed by atoms with Gasteiger partial charge < -0.3 is 14.5 Å². The lowest BCUT2D eigenvalue weighted by Gasteiger charge is -2.31. The van der Waals surface area contributed by atoms with Gasteiger partial charge in [-0.15, -0.1) is 0 Å². The number of phosphoric ester groups is 1. The highest BCUT2D eigenvalue weighted by Gasteiger charge is 2.30. The van der Waals surface area contributed by atoms with Crippen LogP contribution in [0.3, 0.4) is 0 Å². The lowest BCUT2D eigenvalue weighted by atomic mass is 9.93. The van der Waals surface area contributed by atoms with Crippen LogP contribution in [0.2, 0.25) is 0 Å². The molecule has 0 rings (SSSR count). The molecule has 18 heavy (non-hydrogen) atoms. The van der Waals surface area contributed by atoms with Crippen LogP contribution in [0.4, 0.5) is 0 Å². The van der Waals surface area contributed by atoms with Crippen LogP contribution < -0.4 is 0 Å². The highest BCUT2D eigenvalue weighted by atomic mass is 31.2. The molecule has 0 aromatic rings. The maximum Gasteiger partial charge on any atom is 0.469 e. The monoisotopic (exact) mass is 280 g/mol. The second-order valence-electron chi connectivity index (χ2n) is 3.89. The molecule has 0 unspecified atom stereocenters. The molecule has 0 spiro atoms. The standard InChI is InChI=1S/C11H21O6P/c1-4-7-10(12)17-11(5-2,6-3)8-9-16-18(13,14)15/h4,7H,5-6,8-9H2,1-3H3,(H2,13,14,15). The number of esters is 1. The van der Waals surface area contributed by atoms with Crippen LogP contribution in [-0.2, 0) is 18.6 Å². The molecule has 0 bridgehead atoms. The van der Waals surface area contributed by atoms with Crippen molar-refractivity contribution in [3.63, 3.8) is 0 Å². The molecule has 106 valence electrons. The van der Waals surface area contributed by atoms with Gasteiger partial charge >= 0.3 is 13.8 Å². The van der Waals surface area contributed by atoms with E-state index in [4.69, 9.17) is 14.5 Å². The predicted octanol–water partition coefficient (Wildman–Crippen LogP) is 2.16. The van der Waals surface area contributed by atoms with Crippen molar-refractivity contribution in [2.24, 2.45) is 0 Å². The van der Waals surface area contributed by atoms with Crippen LogP contribution in [0.25, 0.3) is 0 Å². The number of hydrogen-bond donors (Lipinski definition) is 2. The first-order chi connectivity index (χ1) is 8.28. The third-order valence-corrected chi connectivity index (χ3v) is 3.24. The normalized spacial score (nSPS) is 12.9. The van der Waals surface area contributed by atoms with Crippen molar-refractivity contribution in [3.8, 4) is 0 Å². The van der Waals surface area contributed by atoms with Crippen molar-refractivity contribution < 1.29 is 28.4 Å². The molecular formula is C11H21O6P. The van der Waals surface area contributed by atoms with Crippen LogP contribution in [0.5, 0.6) is 0 Å². The maximum absolute atomic E-state index is 11.4. The number of hydrogen-bond acceptors (Lipinski definition) is 4. The summed E-state index contributed by atoms with van der Waals surface area (Å²) >= 11 is 0. The fourth-order valence-electron chi connectivity index (χ4n) is 1.53. The molecule has 0 saturated heterocycles. The Kier molecular flexibility index (Phi) is 7.40. The van der Waals surface area contributed by atoms with E-state index >= 15 is 0 Å². The molecule has 0 aliphatic heterocycles. The van der Waals surface area contributed by atoms with Crippen LogP contribution in [0.15, 0.2) is 12.2 Å². The topological polar surface area (TPSA) is 93.1 Å². The fraction of sp³-hybridized carbons (Fsp3) is 0.727. The Morgan fingerprint density at radius 2 is 1.89 bits per heavy atom. The zero-order chi connectivity index (χ0) is 14.2. The summed E-state index contributed by atoms with van der Waals surface area (Å²) in [5.74, 6) is -0.461. The molecule has 0 aliphatic carbocycles. The Hall–Kier alpha value is -0.680. The van der Waals surface area contributed by atoms with Gasteiger partial charge in [0.05, 0.1) is 6.61 Å². The smallest absolute Gasteiger partial charge is 0.456 e. The SMILES string of the molecule is CC=CC(=O)OC(CC)(CC)CCOP(=O)(O)O. The van der Waals surface area contributed by atoms with Crippen molar-refractivity contribution in [2.45, 2.75) is 45.6 Å². The van der Waals surface area contributed by atoms with E-state index in [1.54, 1.807) is 13.0 Å². The van der Waals surface area contributed by atoms with E-state index < -0.39 is 19.4 Å². The minimum absolute atomic E-state index is 0.158. The molecule has 0 saturated carbocycles. The third kappa shape index (κ3) is 6.91. The minimum Gasteiger partial charge on any atom is -0.456 e. The minimum atomic E-state index is -4.47. The summed E-state index contributed by atoms with van der Waals surface area (Å²) in [4.78, 5) is 28.6. The molecule has 0 fully saturated rings. The van der Waals surface area contributed by atoms with E-state index in [1.165, 1.54) is 6.08 Å². The van der Waals surface area contributed by atoms with Gasteiger partial charge in [-0.1, -0.05) is 19.9 Å². The average molecular weight is 280 g/mol. The van der Waals surface area contributed by atoms with Crippen LogP contribution in [0, 0.1) is 0 Å². The molecule has 0 atom stereocenters. The Balaban J connectivity index is 4.52. The zero-order valence-corrected chi connectivity index (χ0v) is 11.9. The van der Waals surface area contributed by atoms with Crippen LogP contribution in [0.1, 0.15) is 40.0 Å². The Morgan fingerprint density at radius 1 is 1.33 bits per heavy atom. The van der Waals surface area contributed by atoms with Gasteiger partial charge in [0.15, 0.2) is 0 Å². The van der Waals surface area contributed by atoms with Crippen molar-refractivity contribution in [2.75, 3.05) is 6.61 Å². The van der Waals surface area contributed by atoms with Crippen LogP contribution >= 0.6 is 7.82 Å². The van der Waals surface area contributed by atoms with Gasteiger partial charge in [-0.25, -0.2) is 9.36 Å². The van der Waals surface area contributed by atoms with Gasteiger partial charge in [0.2, 0.25) is 0 Å². The summed E-state index contributed by atoms with van der Waals surface area (Å²) in [5.41, 5.74) is -0.744. The maximum atomic E-state index is 11.4. The Labute approximate surface area is 107 Å². The molecular weight excluding hydrogens is 259 g/mol. The second kappa shape index (κ2) is 7.69. The summed E-state index contributed by atoms with van der Waals surface area (Å²) in [5, 5.41) is 0. The largest absolute Gasteiger partial charge is 0.469 e. The van der Waals surface area contributed by atoms with E-state index in [1.807, 2.05) is 13.8 Å². The lowest BCUT2D eigenvalue weighted by molar-refractivity contribution is -0.156. The van der Waals surface area contributed by atoms with Gasteiger partial charge in [0.25, 0.3) is 0 Å². The fourth-order valence-corrected chi connectivity index (χ4v) is 1.86. The van der Waals surface area contributed by atoms with Gasteiger partial charge in [-0.2, -0.15) is 0 Å². The average Bonchev–Trinajstić information content (AvgIpc) is 2.26. The number of carbonyl (C=O) groups excluding carboxylic acids is 1. The third-order valence-electron chi connectivity index (χ3n) is 2.73. The first kappa shape index (κ1) is 17.3. The molecule has 0 aliphatic rings. The first-order valence-electron chi connectivity index (χ1n) is 5.84. The summed E-state index contributed by atoms with van der Waals surface area (Å²) < 4.78 is 20.3. The molecule has 0 radical (unpaired) electrons. The van der Waals surface area contributed by atoms with E-state index in [0.29, 0.717) is 12.8 Å². The molecule has 0 amide bonds. The number of phosphoric acid groups is 1. The molecule has 0 aromatic carbocycles. The Bertz CT molecular complexity index is 328. The van der Waals surface area contributed by atoms with E-state index in [0.717, 1.165) is 0 Å². The summed E-state index contributed by atoms with van der Waals surface area (Å²) in [6.07, 6.45) is 4.23. The summed E-state index contributed by atoms with van der Waals surface area (Å²) in [6, 6.07) is 0. The predicted molar refractivity (Wildman–Crippen MR) is 66.8 cm³/mol. The summed E-state index contributed by atoms with van der Waals surface area (Å²) in [7, 11) is -4.47. The number of carbonyl (C=O) groups is 1. The molecule has 0 heterocycles. The molecule has 2 N–H and O–H groups in total. The van der Waals surface area contributed by atoms with Crippen molar-refractivity contribution in [1.82, 2.24) is 0 Å². The van der Waals surface area contributed by atoms with Crippen molar-refractivity contribution in [1.29, 1.82) is 0 Å². The lowest BCUT2D eigenvalue weighted by Crippen LogP contribution is -2.34. The quantitative estimate of drug-likeness (QED) is 0.402. The Morgan fingerprint density at radius 3 is 2.28 bits per heavy atom. The molecule has 7 heteroatoms. The highest BCUT2D eigenvalue weighted by molar-refractivity contribution is 7.46. The number of ether oxygens (including phenoxy) is 1. The molecule has 0 aromatic heterocycles. The van der Waals surface area contributed by atoms with Crippen molar-refractivity contribution in [3.05, 3.63) is 12.2 Å². The number of rotatable bonds is 8. The molecule has 6 nitrogen and oxygen atoms in total. The van der Waals surface area contributed by atoms with Gasteiger partial charge in [-0.05, 0) is 19.8 Å².